The summed E-state index contributed by atoms with van der Waals surface area (Å²) in [4.78, 5) is 12.0. The monoisotopic (exact) mass is 367 g/mol. The van der Waals surface area contributed by atoms with Crippen molar-refractivity contribution in [3.63, 3.8) is 0 Å². The van der Waals surface area contributed by atoms with Crippen LogP contribution in [0.4, 0.5) is 13.2 Å². The Morgan fingerprint density at radius 1 is 1.45 bits per heavy atom. The molecule has 0 unspecified atom stereocenters. The second-order valence-electron chi connectivity index (χ2n) is 4.76. The van der Waals surface area contributed by atoms with Crippen molar-refractivity contribution in [2.45, 2.75) is 23.8 Å². The summed E-state index contributed by atoms with van der Waals surface area (Å²) < 4.78 is 39.1. The van der Waals surface area contributed by atoms with Crippen molar-refractivity contribution in [1.82, 2.24) is 5.32 Å². The van der Waals surface area contributed by atoms with Crippen molar-refractivity contribution >= 4 is 33.6 Å². The molecule has 1 fully saturated rings. The van der Waals surface area contributed by atoms with Crippen molar-refractivity contribution < 1.29 is 18.0 Å². The second-order valence-corrected chi connectivity index (χ2v) is 6.95. The van der Waals surface area contributed by atoms with Crippen molar-refractivity contribution in [3.8, 4) is 0 Å². The van der Waals surface area contributed by atoms with Gasteiger partial charge in [0, 0.05) is 15.8 Å². The smallest absolute Gasteiger partial charge is 0.351 e. The topological polar surface area (TPSA) is 29.1 Å². The molecular weight excluding hydrogens is 355 g/mol. The molecule has 110 valence electrons. The average Bonchev–Trinajstić information content (AvgIpc) is 3.15. The van der Waals surface area contributed by atoms with Crippen LogP contribution in [0, 0.1) is 0 Å². The van der Waals surface area contributed by atoms with Crippen LogP contribution >= 0.6 is 27.7 Å². The van der Waals surface area contributed by atoms with E-state index in [0.29, 0.717) is 11.0 Å². The fraction of sp³-hybridized carbons (Fsp3) is 0.462. The molecule has 0 saturated heterocycles. The lowest BCUT2D eigenvalue weighted by Crippen LogP contribution is -2.33. The summed E-state index contributed by atoms with van der Waals surface area (Å²) in [5.74, 6) is -0.676. The van der Waals surface area contributed by atoms with E-state index in [2.05, 4.69) is 21.2 Å². The molecule has 1 saturated carbocycles. The minimum Gasteiger partial charge on any atom is -0.351 e. The summed E-state index contributed by atoms with van der Waals surface area (Å²) in [5.41, 5.74) is -1.25. The standard InChI is InChI=1S/C13H13BrF3NOS/c1-20-12(4-5-12)7-18-11(19)9-3-2-8(14)6-10(9)13(15,16)17/h2-3,6H,4-5,7H2,1H3,(H,18,19). The molecule has 0 atom stereocenters. The van der Waals surface area contributed by atoms with Gasteiger partial charge in [0.05, 0.1) is 11.1 Å². The average molecular weight is 368 g/mol. The molecule has 1 amide bonds. The first-order chi connectivity index (χ1) is 9.27. The Morgan fingerprint density at radius 2 is 2.10 bits per heavy atom. The van der Waals surface area contributed by atoms with E-state index in [0.717, 1.165) is 18.9 Å². The van der Waals surface area contributed by atoms with Crippen LogP contribution in [-0.2, 0) is 6.18 Å². The summed E-state index contributed by atoms with van der Waals surface area (Å²) in [5, 5.41) is 2.61. The first-order valence-electron chi connectivity index (χ1n) is 5.97. The van der Waals surface area contributed by atoms with Crippen LogP contribution in [0.25, 0.3) is 0 Å². The highest BCUT2D eigenvalue weighted by Crippen LogP contribution is 2.46. The Labute approximate surface area is 127 Å². The Hall–Kier alpha value is -0.690. The van der Waals surface area contributed by atoms with E-state index in [1.54, 1.807) is 11.8 Å². The molecule has 0 aliphatic heterocycles. The molecule has 0 heterocycles. The number of benzene rings is 1. The predicted molar refractivity (Wildman–Crippen MR) is 77.0 cm³/mol. The maximum absolute atomic E-state index is 12.9. The highest BCUT2D eigenvalue weighted by atomic mass is 79.9. The predicted octanol–water partition coefficient (Wildman–Crippen LogP) is 4.09. The Morgan fingerprint density at radius 3 is 2.60 bits per heavy atom. The van der Waals surface area contributed by atoms with E-state index in [1.165, 1.54) is 12.1 Å². The number of rotatable bonds is 4. The van der Waals surface area contributed by atoms with Gasteiger partial charge in [0.25, 0.3) is 5.91 Å². The van der Waals surface area contributed by atoms with Gasteiger partial charge in [-0.05, 0) is 37.3 Å². The molecule has 0 bridgehead atoms. The van der Waals surface area contributed by atoms with E-state index in [-0.39, 0.29) is 10.3 Å². The Bertz CT molecular complexity index is 529. The molecule has 20 heavy (non-hydrogen) atoms. The summed E-state index contributed by atoms with van der Waals surface area (Å²) in [6.07, 6.45) is -0.630. The van der Waals surface area contributed by atoms with Gasteiger partial charge in [-0.25, -0.2) is 0 Å². The summed E-state index contributed by atoms with van der Waals surface area (Å²) in [6, 6.07) is 3.56. The third-order valence-electron chi connectivity index (χ3n) is 3.34. The summed E-state index contributed by atoms with van der Waals surface area (Å²) >= 11 is 4.64. The molecule has 2 nitrogen and oxygen atoms in total. The zero-order chi connectivity index (χ0) is 15.0. The largest absolute Gasteiger partial charge is 0.417 e. The lowest BCUT2D eigenvalue weighted by Gasteiger charge is -2.16. The zero-order valence-corrected chi connectivity index (χ0v) is 13.1. The SMILES string of the molecule is CSC1(CNC(=O)c2ccc(Br)cc2C(F)(F)F)CC1. The third-order valence-corrected chi connectivity index (χ3v) is 5.26. The molecular formula is C13H13BrF3NOS. The van der Waals surface area contributed by atoms with Crippen LogP contribution in [0.15, 0.2) is 22.7 Å². The van der Waals surface area contributed by atoms with E-state index >= 15 is 0 Å². The number of alkyl halides is 3. The number of halogens is 4. The van der Waals surface area contributed by atoms with Crippen LogP contribution in [0.1, 0.15) is 28.8 Å². The molecule has 1 N–H and O–H groups in total. The van der Waals surface area contributed by atoms with Crippen molar-refractivity contribution in [3.05, 3.63) is 33.8 Å². The van der Waals surface area contributed by atoms with Gasteiger partial charge in [0.1, 0.15) is 0 Å². The van der Waals surface area contributed by atoms with Gasteiger partial charge in [-0.15, -0.1) is 0 Å². The Balaban J connectivity index is 2.17. The van der Waals surface area contributed by atoms with Gasteiger partial charge < -0.3 is 5.32 Å². The van der Waals surface area contributed by atoms with Gasteiger partial charge in [-0.1, -0.05) is 15.9 Å². The number of carbonyl (C=O) groups excluding carboxylic acids is 1. The maximum atomic E-state index is 12.9. The van der Waals surface area contributed by atoms with Gasteiger partial charge in [-0.2, -0.15) is 24.9 Å². The molecule has 0 aromatic heterocycles. The molecule has 2 rings (SSSR count). The first kappa shape index (κ1) is 15.7. The van der Waals surface area contributed by atoms with E-state index in [4.69, 9.17) is 0 Å². The molecule has 0 spiro atoms. The summed E-state index contributed by atoms with van der Waals surface area (Å²) in [6.45, 7) is 0.403. The third kappa shape index (κ3) is 3.49. The highest BCUT2D eigenvalue weighted by molar-refractivity contribution is 9.10. The lowest BCUT2D eigenvalue weighted by molar-refractivity contribution is -0.138. The minimum atomic E-state index is -4.55. The zero-order valence-electron chi connectivity index (χ0n) is 10.7. The molecule has 1 aliphatic carbocycles. The van der Waals surface area contributed by atoms with Crippen molar-refractivity contribution in [1.29, 1.82) is 0 Å². The van der Waals surface area contributed by atoms with Gasteiger partial charge >= 0.3 is 6.18 Å². The van der Waals surface area contributed by atoms with Crippen LogP contribution in [0.3, 0.4) is 0 Å². The molecule has 1 aliphatic rings. The maximum Gasteiger partial charge on any atom is 0.417 e. The van der Waals surface area contributed by atoms with Gasteiger partial charge in [0.15, 0.2) is 0 Å². The van der Waals surface area contributed by atoms with Crippen molar-refractivity contribution in [2.24, 2.45) is 0 Å². The molecule has 1 aromatic rings. The lowest BCUT2D eigenvalue weighted by atomic mass is 10.1. The second kappa shape index (κ2) is 5.60. The number of carbonyl (C=O) groups is 1. The van der Waals surface area contributed by atoms with Crippen molar-refractivity contribution in [2.75, 3.05) is 12.8 Å². The number of amides is 1. The molecule has 7 heteroatoms. The fourth-order valence-corrected chi connectivity index (χ4v) is 2.97. The number of thioether (sulfide) groups is 1. The number of hydrogen-bond acceptors (Lipinski definition) is 2. The van der Waals surface area contributed by atoms with Crippen LogP contribution in [0.2, 0.25) is 0 Å². The van der Waals surface area contributed by atoms with E-state index < -0.39 is 17.6 Å². The molecule has 1 aromatic carbocycles. The van der Waals surface area contributed by atoms with Crippen LogP contribution in [0.5, 0.6) is 0 Å². The quantitative estimate of drug-likeness (QED) is 0.867. The van der Waals surface area contributed by atoms with E-state index in [1.807, 2.05) is 6.26 Å². The first-order valence-corrected chi connectivity index (χ1v) is 7.99. The number of hydrogen-bond donors (Lipinski definition) is 1. The van der Waals surface area contributed by atoms with Gasteiger partial charge in [-0.3, -0.25) is 4.79 Å². The molecule has 0 radical (unpaired) electrons. The highest BCUT2D eigenvalue weighted by Gasteiger charge is 2.42. The summed E-state index contributed by atoms with van der Waals surface area (Å²) in [7, 11) is 0. The van der Waals surface area contributed by atoms with Crippen LogP contribution < -0.4 is 5.32 Å². The normalized spacial score (nSPS) is 16.9. The van der Waals surface area contributed by atoms with Gasteiger partial charge in [0.2, 0.25) is 0 Å². The fourth-order valence-electron chi connectivity index (χ4n) is 1.88. The Kier molecular flexibility index (Phi) is 4.39. The van der Waals surface area contributed by atoms with Crippen LogP contribution in [-0.4, -0.2) is 23.5 Å². The number of nitrogens with one attached hydrogen (secondary N) is 1. The van der Waals surface area contributed by atoms with E-state index in [9.17, 15) is 18.0 Å². The minimum absolute atomic E-state index is 0.0173.